The number of nitrogen functional groups attached to an aromatic ring is 1. The zero-order valence-electron chi connectivity index (χ0n) is 61.5. The number of pyridine rings is 6. The van der Waals surface area contributed by atoms with Gasteiger partial charge in [0.1, 0.15) is 39.8 Å². The lowest BCUT2D eigenvalue weighted by Crippen LogP contribution is -2.25. The summed E-state index contributed by atoms with van der Waals surface area (Å²) in [7, 11) is 13.8. The Labute approximate surface area is 622 Å². The number of anilines is 5. The highest BCUT2D eigenvalue weighted by molar-refractivity contribution is 6.29. The molecule has 5 N–H and O–H groups in total. The number of aromatic nitrogens is 12. The minimum Gasteiger partial charge on any atom is -0.392 e. The molecule has 0 unspecified atom stereocenters. The molecule has 0 saturated carbocycles. The van der Waals surface area contributed by atoms with Crippen molar-refractivity contribution in [2.24, 2.45) is 14.1 Å². The molecule has 0 amide bonds. The SMILES string of the molecule is CN1CCC[C@H]1c1ccc(Cl)nc1.CN1CCC[C@H]1c1ccc(N)nc1.CN1CCC[C@H]1c1ccc(Nc2cc(-c3ccnc(-n4ncc5cc(C(C)(C)C)cc(F)c5c4=O)c3CO)nn(C)c2=O)nc1.CN1CCC[C@H]1c1ccc(Nc2cc(Cl)nn(C)c2=O)nc1.CN1CCC[C@H]1c1cccnc1. The van der Waals surface area contributed by atoms with Gasteiger partial charge in [-0.25, -0.2) is 38.7 Å². The number of nitrogens with two attached hydrogens (primary N) is 1. The first-order valence-electron chi connectivity index (χ1n) is 35.8. The number of nitrogens with one attached hydrogen (secondary N) is 2. The molecule has 5 atom stereocenters. The monoisotopic (exact) mass is 1460 g/mol. The van der Waals surface area contributed by atoms with Crippen molar-refractivity contribution < 1.29 is 9.50 Å². The molecule has 0 radical (unpaired) electrons. The first kappa shape index (κ1) is 76.8. The van der Waals surface area contributed by atoms with Gasteiger partial charge >= 0.3 is 0 Å². The van der Waals surface area contributed by atoms with Crippen LogP contribution in [0.2, 0.25) is 10.3 Å². The molecule has 0 bridgehead atoms. The normalized spacial score (nSPS) is 19.2. The van der Waals surface area contributed by atoms with Crippen LogP contribution in [0.1, 0.15) is 154 Å². The van der Waals surface area contributed by atoms with Crippen LogP contribution in [0.15, 0.2) is 155 Å². The number of fused-ring (bicyclic) bond motifs is 1. The van der Waals surface area contributed by atoms with Crippen LogP contribution in [0.3, 0.4) is 0 Å². The lowest BCUT2D eigenvalue weighted by atomic mass is 9.86. The van der Waals surface area contributed by atoms with Crippen molar-refractivity contribution in [3.8, 4) is 17.1 Å². The highest BCUT2D eigenvalue weighted by atomic mass is 35.5. The molecule has 1 aromatic carbocycles. The van der Waals surface area contributed by atoms with Gasteiger partial charge in [-0.15, -0.1) is 0 Å². The largest absolute Gasteiger partial charge is 0.392 e. The Balaban J connectivity index is 0.000000150. The molecule has 5 aliphatic heterocycles. The van der Waals surface area contributed by atoms with E-state index in [1.54, 1.807) is 25.2 Å². The van der Waals surface area contributed by atoms with Gasteiger partial charge in [-0.2, -0.15) is 20.0 Å². The Morgan fingerprint density at radius 1 is 0.524 bits per heavy atom. The molecular weight excluding hydrogens is 1370 g/mol. The van der Waals surface area contributed by atoms with Crippen molar-refractivity contribution >= 4 is 62.8 Å². The van der Waals surface area contributed by atoms with Gasteiger partial charge in [0.25, 0.3) is 16.7 Å². The molecule has 27 heteroatoms. The van der Waals surface area contributed by atoms with Crippen LogP contribution in [0.25, 0.3) is 27.8 Å². The van der Waals surface area contributed by atoms with Crippen LogP contribution in [-0.2, 0) is 26.1 Å². The summed E-state index contributed by atoms with van der Waals surface area (Å²) < 4.78 is 18.7. The van der Waals surface area contributed by atoms with E-state index in [1.165, 1.54) is 128 Å². The lowest BCUT2D eigenvalue weighted by Gasteiger charge is -2.20. The quantitative estimate of drug-likeness (QED) is 0.0828. The van der Waals surface area contributed by atoms with E-state index in [2.05, 4.69) is 140 Å². The zero-order valence-corrected chi connectivity index (χ0v) is 63.0. The average Bonchev–Trinajstić information content (AvgIpc) is 1.20. The summed E-state index contributed by atoms with van der Waals surface area (Å²) in [4.78, 5) is 76.0. The molecule has 9 aromatic heterocycles. The number of aryl methyl sites for hydroxylation is 2. The fourth-order valence-corrected chi connectivity index (χ4v) is 14.8. The standard InChI is InChI=1S/C33H35FN8O3.C15H18ClN5O.C10H13ClN2.C10H15N3.C10H14N2/c1-33(2,3)21-13-20-17-37-42(32(45)29(20)24(34)14-21)30-23(18-43)22(10-11-35-30)25-15-26(31(44)41(5)39-25)38-28-9-8-19(16-36-28)27-7-6-12-40(27)4;1-20-7-3-4-12(20)10-5-6-14(17-9-10)18-11-8-13(16)19-21(2)15(11)22;2*1-13-6-2-3-9(13)8-4-5-10(11)12-7-8;1-12-7-3-5-10(12)9-4-2-6-11-8-9/h8-11,13-17,27,43H,6-7,12,18H2,1-5H3,(H,36,38);5-6,8-9,12H,3-4,7H2,1-2H3,(H,17,18);4-5,7,9H,2-3,6H2,1H3;4-5,7,9H,2-3,6H2,1H3,(H2,11,12);2,4,6,8,10H,3,5,7H2,1H3/t27-;12-;2*9-;10-/m00000/s1. The summed E-state index contributed by atoms with van der Waals surface area (Å²) >= 11 is 11.6. The third kappa shape index (κ3) is 18.9. The summed E-state index contributed by atoms with van der Waals surface area (Å²) in [5.41, 5.74) is 12.4. The molecule has 5 saturated heterocycles. The Hall–Kier alpha value is -9.31. The van der Waals surface area contributed by atoms with Gasteiger partial charge in [0.05, 0.1) is 23.9 Å². The first-order valence-corrected chi connectivity index (χ1v) is 36.5. The van der Waals surface area contributed by atoms with Gasteiger partial charge in [-0.05, 0) is 226 Å². The summed E-state index contributed by atoms with van der Waals surface area (Å²) in [6.07, 6.45) is 26.4. The number of hydrogen-bond acceptors (Lipinski definition) is 21. The molecule has 10 aromatic rings. The topological polar surface area (TPSA) is 269 Å². The number of hydrogen-bond donors (Lipinski definition) is 4. The Morgan fingerprint density at radius 2 is 1.00 bits per heavy atom. The third-order valence-electron chi connectivity index (χ3n) is 20.3. The summed E-state index contributed by atoms with van der Waals surface area (Å²) in [5, 5.41) is 30.2. The van der Waals surface area contributed by atoms with Crippen molar-refractivity contribution in [3.63, 3.8) is 0 Å². The van der Waals surface area contributed by atoms with Gasteiger partial charge in [-0.3, -0.25) is 43.9 Å². The summed E-state index contributed by atoms with van der Waals surface area (Å²) in [6, 6.07) is 30.1. The second-order valence-corrected chi connectivity index (χ2v) is 29.4. The molecule has 24 nitrogen and oxygen atoms in total. The third-order valence-corrected chi connectivity index (χ3v) is 20.7. The number of benzene rings is 1. The predicted octanol–water partition coefficient (Wildman–Crippen LogP) is 12.5. The molecule has 5 fully saturated rings. The first-order chi connectivity index (χ1) is 50.4. The number of aliphatic hydroxyl groups is 1. The van der Waals surface area contributed by atoms with Crippen LogP contribution < -0.4 is 33.0 Å². The van der Waals surface area contributed by atoms with E-state index >= 15 is 4.39 Å². The molecule has 5 aliphatic rings. The molecule has 0 aliphatic carbocycles. The van der Waals surface area contributed by atoms with Crippen molar-refractivity contribution in [3.05, 3.63) is 227 Å². The predicted molar refractivity (Wildman–Crippen MR) is 413 cm³/mol. The summed E-state index contributed by atoms with van der Waals surface area (Å²) in [5.74, 6) is 1.08. The van der Waals surface area contributed by atoms with Gasteiger partial charge in [-0.1, -0.05) is 74.3 Å². The van der Waals surface area contributed by atoms with E-state index in [0.717, 1.165) is 48.2 Å². The van der Waals surface area contributed by atoms with Crippen LogP contribution in [-0.4, -0.2) is 157 Å². The van der Waals surface area contributed by atoms with E-state index < -0.39 is 18.0 Å². The molecule has 105 heavy (non-hydrogen) atoms. The molecule has 0 spiro atoms. The minimum atomic E-state index is -0.709. The van der Waals surface area contributed by atoms with Crippen molar-refractivity contribution in [1.82, 2.24) is 83.7 Å². The maximum Gasteiger partial charge on any atom is 0.290 e. The van der Waals surface area contributed by atoms with E-state index in [1.807, 2.05) is 94.4 Å². The van der Waals surface area contributed by atoms with Crippen molar-refractivity contribution in [2.45, 2.75) is 127 Å². The maximum absolute atomic E-state index is 15.3. The second kappa shape index (κ2) is 34.7. The molecule has 552 valence electrons. The molecule has 15 rings (SSSR count). The lowest BCUT2D eigenvalue weighted by molar-refractivity contribution is 0.281. The van der Waals surface area contributed by atoms with Crippen LogP contribution in [0.5, 0.6) is 0 Å². The Bertz CT molecular complexity index is 4700. The number of rotatable bonds is 12. The minimum absolute atomic E-state index is 0.0282. The van der Waals surface area contributed by atoms with Gasteiger partial charge < -0.3 is 21.5 Å². The van der Waals surface area contributed by atoms with Crippen LogP contribution >= 0.6 is 23.2 Å². The van der Waals surface area contributed by atoms with E-state index in [0.29, 0.717) is 75.1 Å². The van der Waals surface area contributed by atoms with Gasteiger partial charge in [0, 0.05) is 110 Å². The number of nitrogens with zero attached hydrogens (tertiary/aromatic N) is 17. The van der Waals surface area contributed by atoms with Gasteiger partial charge in [0.2, 0.25) is 0 Å². The Morgan fingerprint density at radius 3 is 1.43 bits per heavy atom. The van der Waals surface area contributed by atoms with Crippen LogP contribution in [0, 0.1) is 5.82 Å². The number of likely N-dealkylation sites (tertiary alicyclic amines) is 5. The zero-order chi connectivity index (χ0) is 74.6. The highest BCUT2D eigenvalue weighted by Crippen LogP contribution is 2.36. The van der Waals surface area contributed by atoms with Crippen LogP contribution in [0.4, 0.5) is 33.2 Å². The smallest absolute Gasteiger partial charge is 0.290 e. The highest BCUT2D eigenvalue weighted by Gasteiger charge is 2.28. The van der Waals surface area contributed by atoms with E-state index in [9.17, 15) is 19.5 Å². The number of halogens is 3. The fourth-order valence-electron chi connectivity index (χ4n) is 14.4. The van der Waals surface area contributed by atoms with Gasteiger partial charge in [0.15, 0.2) is 11.0 Å². The maximum atomic E-state index is 15.3. The molecule has 14 heterocycles. The van der Waals surface area contributed by atoms with Crippen molar-refractivity contribution in [2.75, 3.05) is 84.3 Å². The number of aliphatic hydroxyl groups excluding tert-OH is 1. The second-order valence-electron chi connectivity index (χ2n) is 28.6. The van der Waals surface area contributed by atoms with E-state index in [4.69, 9.17) is 28.9 Å². The summed E-state index contributed by atoms with van der Waals surface area (Å²) in [6.45, 7) is 11.1. The Kier molecular flexibility index (Phi) is 25.4. The van der Waals surface area contributed by atoms with E-state index in [-0.39, 0.29) is 44.1 Å². The molecular formula is C78H95Cl2FN20O4. The average molecular weight is 1470 g/mol. The van der Waals surface area contributed by atoms with Crippen molar-refractivity contribution in [1.29, 1.82) is 0 Å². The fraction of sp³-hybridized carbons (Fsp3) is 0.410.